The second-order valence-electron chi connectivity index (χ2n) is 4.71. The quantitative estimate of drug-likeness (QED) is 0.898. The van der Waals surface area contributed by atoms with Gasteiger partial charge in [-0.15, -0.1) is 0 Å². The molecule has 18 heavy (non-hydrogen) atoms. The minimum atomic E-state index is -2.84. The number of benzene rings is 1. The number of para-hydroxylation sites is 1. The summed E-state index contributed by atoms with van der Waals surface area (Å²) in [6, 6.07) is 8.04. The second-order valence-corrected chi connectivity index (χ2v) is 7.02. The van der Waals surface area contributed by atoms with Crippen LogP contribution in [0.3, 0.4) is 0 Å². The third-order valence-electron chi connectivity index (χ3n) is 3.46. The van der Waals surface area contributed by atoms with E-state index < -0.39 is 9.84 Å². The molecule has 1 aliphatic rings. The van der Waals surface area contributed by atoms with Gasteiger partial charge in [0.25, 0.3) is 0 Å². The van der Waals surface area contributed by atoms with Crippen molar-refractivity contribution in [2.45, 2.75) is 19.4 Å². The maximum atomic E-state index is 11.5. The van der Waals surface area contributed by atoms with Crippen molar-refractivity contribution in [3.05, 3.63) is 29.8 Å². The zero-order chi connectivity index (χ0) is 13.2. The van der Waals surface area contributed by atoms with Crippen LogP contribution in [0.25, 0.3) is 0 Å². The van der Waals surface area contributed by atoms with Crippen molar-refractivity contribution in [2.75, 3.05) is 29.5 Å². The summed E-state index contributed by atoms with van der Waals surface area (Å²) in [4.78, 5) is 2.13. The van der Waals surface area contributed by atoms with Crippen LogP contribution in [0, 0.1) is 0 Å². The second kappa shape index (κ2) is 5.28. The van der Waals surface area contributed by atoms with E-state index in [-0.39, 0.29) is 17.5 Å². The van der Waals surface area contributed by atoms with Crippen molar-refractivity contribution in [3.8, 4) is 0 Å². The topological polar surface area (TPSA) is 63.4 Å². The normalized spacial score (nSPS) is 20.7. The predicted molar refractivity (Wildman–Crippen MR) is 74.5 cm³/mol. The molecule has 0 amide bonds. The van der Waals surface area contributed by atoms with Crippen molar-refractivity contribution in [1.29, 1.82) is 0 Å². The van der Waals surface area contributed by atoms with E-state index in [2.05, 4.69) is 11.8 Å². The van der Waals surface area contributed by atoms with Gasteiger partial charge in [0.15, 0.2) is 9.84 Å². The molecule has 0 aromatic heterocycles. The molecule has 1 saturated heterocycles. The smallest absolute Gasteiger partial charge is 0.153 e. The maximum Gasteiger partial charge on any atom is 0.153 e. The SMILES string of the molecule is CC[C@H](N)c1ccccc1N1CCS(=O)(=O)CC1. The van der Waals surface area contributed by atoms with Crippen LogP contribution >= 0.6 is 0 Å². The number of nitrogens with two attached hydrogens (primary N) is 1. The summed E-state index contributed by atoms with van der Waals surface area (Å²) in [7, 11) is -2.84. The van der Waals surface area contributed by atoms with Crippen LogP contribution in [-0.4, -0.2) is 33.0 Å². The molecule has 0 aliphatic carbocycles. The first-order valence-corrected chi connectivity index (χ1v) is 8.15. The van der Waals surface area contributed by atoms with Crippen LogP contribution in [0.4, 0.5) is 5.69 Å². The summed E-state index contributed by atoms with van der Waals surface area (Å²) >= 11 is 0. The largest absolute Gasteiger partial charge is 0.369 e. The van der Waals surface area contributed by atoms with E-state index in [0.717, 1.165) is 17.7 Å². The van der Waals surface area contributed by atoms with Gasteiger partial charge in [-0.3, -0.25) is 0 Å². The highest BCUT2D eigenvalue weighted by atomic mass is 32.2. The molecule has 0 bridgehead atoms. The van der Waals surface area contributed by atoms with Gasteiger partial charge in [-0.2, -0.15) is 0 Å². The Hall–Kier alpha value is -1.07. The predicted octanol–water partition coefficient (Wildman–Crippen LogP) is 1.33. The monoisotopic (exact) mass is 268 g/mol. The highest BCUT2D eigenvalue weighted by molar-refractivity contribution is 7.91. The molecule has 0 saturated carbocycles. The first-order valence-electron chi connectivity index (χ1n) is 6.33. The third-order valence-corrected chi connectivity index (χ3v) is 5.07. The lowest BCUT2D eigenvalue weighted by atomic mass is 10.0. The summed E-state index contributed by atoms with van der Waals surface area (Å²) in [6.07, 6.45) is 0.878. The Labute approximate surface area is 109 Å². The van der Waals surface area contributed by atoms with E-state index >= 15 is 0 Å². The summed E-state index contributed by atoms with van der Waals surface area (Å²) in [5, 5.41) is 0. The van der Waals surface area contributed by atoms with E-state index in [1.807, 2.05) is 24.3 Å². The van der Waals surface area contributed by atoms with Gasteiger partial charge in [0.1, 0.15) is 0 Å². The van der Waals surface area contributed by atoms with E-state index in [1.54, 1.807) is 0 Å². The van der Waals surface area contributed by atoms with Gasteiger partial charge in [0, 0.05) is 24.8 Å². The fraction of sp³-hybridized carbons (Fsp3) is 0.538. The molecular weight excluding hydrogens is 248 g/mol. The third kappa shape index (κ3) is 2.84. The average molecular weight is 268 g/mol. The van der Waals surface area contributed by atoms with Gasteiger partial charge in [0.05, 0.1) is 11.5 Å². The molecule has 0 spiro atoms. The maximum absolute atomic E-state index is 11.5. The molecule has 0 unspecified atom stereocenters. The summed E-state index contributed by atoms with van der Waals surface area (Å²) < 4.78 is 22.9. The van der Waals surface area contributed by atoms with Crippen LogP contribution in [-0.2, 0) is 9.84 Å². The molecule has 1 aromatic rings. The van der Waals surface area contributed by atoms with Gasteiger partial charge in [-0.1, -0.05) is 25.1 Å². The lowest BCUT2D eigenvalue weighted by molar-refractivity contribution is 0.586. The van der Waals surface area contributed by atoms with Gasteiger partial charge in [0.2, 0.25) is 0 Å². The molecule has 1 fully saturated rings. The number of anilines is 1. The zero-order valence-corrected chi connectivity index (χ0v) is 11.5. The minimum Gasteiger partial charge on any atom is -0.369 e. The summed E-state index contributed by atoms with van der Waals surface area (Å²) in [6.45, 7) is 3.19. The van der Waals surface area contributed by atoms with Crippen molar-refractivity contribution in [3.63, 3.8) is 0 Å². The average Bonchev–Trinajstić information content (AvgIpc) is 2.38. The Morgan fingerprint density at radius 3 is 2.50 bits per heavy atom. The molecule has 5 heteroatoms. The minimum absolute atomic E-state index is 0.0136. The fourth-order valence-corrected chi connectivity index (χ4v) is 3.46. The lowest BCUT2D eigenvalue weighted by Gasteiger charge is -2.31. The summed E-state index contributed by atoms with van der Waals surface area (Å²) in [5.41, 5.74) is 8.31. The molecule has 1 aliphatic heterocycles. The standard InChI is InChI=1S/C13H20N2O2S/c1-2-12(14)11-5-3-4-6-13(11)15-7-9-18(16,17)10-8-15/h3-6,12H,2,7-10,14H2,1H3/t12-/m0/s1. The number of sulfone groups is 1. The number of rotatable bonds is 3. The van der Waals surface area contributed by atoms with Gasteiger partial charge >= 0.3 is 0 Å². The first-order chi connectivity index (χ1) is 8.53. The first kappa shape index (κ1) is 13.4. The van der Waals surface area contributed by atoms with E-state index in [0.29, 0.717) is 13.1 Å². The number of hydrogen-bond acceptors (Lipinski definition) is 4. The van der Waals surface area contributed by atoms with Crippen molar-refractivity contribution >= 4 is 15.5 Å². The van der Waals surface area contributed by atoms with Crippen LogP contribution in [0.2, 0.25) is 0 Å². The highest BCUT2D eigenvalue weighted by Gasteiger charge is 2.23. The molecule has 2 N–H and O–H groups in total. The Bertz CT molecular complexity index is 499. The Morgan fingerprint density at radius 1 is 1.28 bits per heavy atom. The van der Waals surface area contributed by atoms with Gasteiger partial charge < -0.3 is 10.6 Å². The molecule has 2 rings (SSSR count). The number of nitrogens with zero attached hydrogens (tertiary/aromatic N) is 1. The Balaban J connectivity index is 2.24. The molecule has 4 nitrogen and oxygen atoms in total. The zero-order valence-electron chi connectivity index (χ0n) is 10.7. The Kier molecular flexibility index (Phi) is 3.92. The van der Waals surface area contributed by atoms with Crippen LogP contribution in [0.5, 0.6) is 0 Å². The van der Waals surface area contributed by atoms with Crippen molar-refractivity contribution < 1.29 is 8.42 Å². The highest BCUT2D eigenvalue weighted by Crippen LogP contribution is 2.27. The van der Waals surface area contributed by atoms with E-state index in [4.69, 9.17) is 5.73 Å². The van der Waals surface area contributed by atoms with Crippen LogP contribution in [0.15, 0.2) is 24.3 Å². The Morgan fingerprint density at radius 2 is 1.89 bits per heavy atom. The van der Waals surface area contributed by atoms with E-state index in [1.165, 1.54) is 0 Å². The van der Waals surface area contributed by atoms with Gasteiger partial charge in [-0.25, -0.2) is 8.42 Å². The lowest BCUT2D eigenvalue weighted by Crippen LogP contribution is -2.41. The van der Waals surface area contributed by atoms with Crippen molar-refractivity contribution in [2.24, 2.45) is 5.73 Å². The molecule has 0 radical (unpaired) electrons. The fourth-order valence-electron chi connectivity index (χ4n) is 2.26. The summed E-state index contributed by atoms with van der Waals surface area (Å²) in [5.74, 6) is 0.478. The molecular formula is C13H20N2O2S. The van der Waals surface area contributed by atoms with Crippen molar-refractivity contribution in [1.82, 2.24) is 0 Å². The van der Waals surface area contributed by atoms with Gasteiger partial charge in [-0.05, 0) is 18.1 Å². The van der Waals surface area contributed by atoms with Crippen LogP contribution < -0.4 is 10.6 Å². The molecule has 1 atom stereocenters. The molecule has 100 valence electrons. The molecule has 1 heterocycles. The number of hydrogen-bond donors (Lipinski definition) is 1. The van der Waals surface area contributed by atoms with E-state index in [9.17, 15) is 8.42 Å². The van der Waals surface area contributed by atoms with Crippen LogP contribution in [0.1, 0.15) is 24.9 Å². The molecule has 1 aromatic carbocycles.